The molecule has 3 N–H and O–H groups in total. The van der Waals surface area contributed by atoms with Crippen molar-refractivity contribution in [1.82, 2.24) is 4.90 Å². The monoisotopic (exact) mass is 228 g/mol. The summed E-state index contributed by atoms with van der Waals surface area (Å²) >= 11 is 0. The summed E-state index contributed by atoms with van der Waals surface area (Å²) in [5, 5.41) is 8.85. The van der Waals surface area contributed by atoms with Crippen molar-refractivity contribution in [2.24, 2.45) is 11.7 Å². The van der Waals surface area contributed by atoms with Crippen LogP contribution in [0.1, 0.15) is 39.0 Å². The first-order valence-corrected chi connectivity index (χ1v) is 6.34. The second-order valence-electron chi connectivity index (χ2n) is 4.70. The molecule has 1 saturated heterocycles. The molecule has 0 radical (unpaired) electrons. The second-order valence-corrected chi connectivity index (χ2v) is 4.70. The summed E-state index contributed by atoms with van der Waals surface area (Å²) in [4.78, 5) is 13.8. The Morgan fingerprint density at radius 2 is 2.38 bits per heavy atom. The molecule has 1 fully saturated rings. The number of amides is 1. The summed E-state index contributed by atoms with van der Waals surface area (Å²) in [5.74, 6) is 0.557. The van der Waals surface area contributed by atoms with Crippen LogP contribution in [0.25, 0.3) is 0 Å². The van der Waals surface area contributed by atoms with E-state index < -0.39 is 0 Å². The van der Waals surface area contributed by atoms with Crippen molar-refractivity contribution in [3.8, 4) is 0 Å². The molecule has 0 aromatic carbocycles. The van der Waals surface area contributed by atoms with Crippen LogP contribution in [0.15, 0.2) is 0 Å². The average molecular weight is 228 g/mol. The van der Waals surface area contributed by atoms with Gasteiger partial charge in [-0.15, -0.1) is 0 Å². The zero-order valence-electron chi connectivity index (χ0n) is 10.2. The second kappa shape index (κ2) is 6.86. The minimum absolute atomic E-state index is 0.0916. The van der Waals surface area contributed by atoms with Crippen LogP contribution < -0.4 is 5.73 Å². The van der Waals surface area contributed by atoms with Crippen LogP contribution in [0.3, 0.4) is 0 Å². The Labute approximate surface area is 97.8 Å². The lowest BCUT2D eigenvalue weighted by molar-refractivity contribution is -0.131. The van der Waals surface area contributed by atoms with Crippen molar-refractivity contribution >= 4 is 5.91 Å². The lowest BCUT2D eigenvalue weighted by Gasteiger charge is -2.20. The van der Waals surface area contributed by atoms with Gasteiger partial charge in [0.1, 0.15) is 0 Å². The number of nitrogens with two attached hydrogens (primary N) is 1. The molecule has 1 rings (SSSR count). The third kappa shape index (κ3) is 3.76. The molecule has 4 heteroatoms. The fraction of sp³-hybridized carbons (Fsp3) is 0.917. The van der Waals surface area contributed by atoms with Crippen molar-refractivity contribution in [2.45, 2.75) is 45.1 Å². The van der Waals surface area contributed by atoms with Gasteiger partial charge < -0.3 is 15.7 Å². The number of rotatable bonds is 6. The van der Waals surface area contributed by atoms with Gasteiger partial charge in [-0.1, -0.05) is 19.8 Å². The number of carbonyl (C=O) groups excluding carboxylic acids is 1. The van der Waals surface area contributed by atoms with E-state index in [2.05, 4.69) is 6.92 Å². The molecule has 0 aromatic rings. The Morgan fingerprint density at radius 3 is 3.00 bits per heavy atom. The molecule has 1 heterocycles. The fourth-order valence-electron chi connectivity index (χ4n) is 2.23. The Balaban J connectivity index is 2.32. The van der Waals surface area contributed by atoms with Crippen LogP contribution in [0, 0.1) is 5.92 Å². The van der Waals surface area contributed by atoms with Gasteiger partial charge in [-0.3, -0.25) is 4.79 Å². The van der Waals surface area contributed by atoms with Crippen molar-refractivity contribution in [3.05, 3.63) is 0 Å². The zero-order valence-corrected chi connectivity index (χ0v) is 10.2. The molecule has 0 aliphatic carbocycles. The number of nitrogens with zero attached hydrogens (tertiary/aromatic N) is 1. The number of likely N-dealkylation sites (tertiary alicyclic amines) is 1. The van der Waals surface area contributed by atoms with Gasteiger partial charge in [-0.05, 0) is 25.2 Å². The normalized spacial score (nSPS) is 22.4. The fourth-order valence-corrected chi connectivity index (χ4v) is 2.23. The molecular weight excluding hydrogens is 204 g/mol. The van der Waals surface area contributed by atoms with Crippen LogP contribution in [-0.2, 0) is 4.79 Å². The molecule has 1 aliphatic rings. The highest BCUT2D eigenvalue weighted by molar-refractivity contribution is 5.81. The highest BCUT2D eigenvalue weighted by Gasteiger charge is 2.28. The van der Waals surface area contributed by atoms with Crippen molar-refractivity contribution in [2.75, 3.05) is 19.7 Å². The van der Waals surface area contributed by atoms with E-state index in [1.807, 2.05) is 4.90 Å². The van der Waals surface area contributed by atoms with E-state index >= 15 is 0 Å². The zero-order chi connectivity index (χ0) is 12.0. The number of unbranched alkanes of at least 4 members (excludes halogenated alkanes) is 1. The van der Waals surface area contributed by atoms with Gasteiger partial charge in [0.15, 0.2) is 0 Å². The summed E-state index contributed by atoms with van der Waals surface area (Å²) < 4.78 is 0. The smallest absolute Gasteiger partial charge is 0.239 e. The summed E-state index contributed by atoms with van der Waals surface area (Å²) in [6.45, 7) is 3.90. The standard InChI is InChI=1S/C12H24N2O2/c1-2-3-4-11(13)12(16)14-7-5-10(9-14)6-8-15/h10-11,15H,2-9,13H2,1H3. The Morgan fingerprint density at radius 1 is 1.62 bits per heavy atom. The number of hydrogen-bond acceptors (Lipinski definition) is 3. The molecule has 2 unspecified atom stereocenters. The topological polar surface area (TPSA) is 66.6 Å². The van der Waals surface area contributed by atoms with E-state index in [9.17, 15) is 4.79 Å². The van der Waals surface area contributed by atoms with Crippen LogP contribution in [0.2, 0.25) is 0 Å². The third-order valence-corrected chi connectivity index (χ3v) is 3.32. The summed E-state index contributed by atoms with van der Waals surface area (Å²) in [6, 6.07) is -0.326. The van der Waals surface area contributed by atoms with E-state index in [0.717, 1.165) is 45.2 Å². The van der Waals surface area contributed by atoms with Crippen LogP contribution >= 0.6 is 0 Å². The molecule has 94 valence electrons. The lowest BCUT2D eigenvalue weighted by atomic mass is 10.1. The van der Waals surface area contributed by atoms with E-state index in [1.165, 1.54) is 0 Å². The number of aliphatic hydroxyl groups excluding tert-OH is 1. The van der Waals surface area contributed by atoms with Gasteiger partial charge in [0.05, 0.1) is 6.04 Å². The summed E-state index contributed by atoms with van der Waals surface area (Å²) in [5.41, 5.74) is 5.86. The third-order valence-electron chi connectivity index (χ3n) is 3.32. The Bertz CT molecular complexity index is 221. The van der Waals surface area contributed by atoms with E-state index in [-0.39, 0.29) is 18.6 Å². The predicted molar refractivity (Wildman–Crippen MR) is 63.9 cm³/mol. The van der Waals surface area contributed by atoms with Gasteiger partial charge in [-0.2, -0.15) is 0 Å². The maximum absolute atomic E-state index is 11.9. The quantitative estimate of drug-likeness (QED) is 0.704. The Kier molecular flexibility index (Phi) is 5.77. The van der Waals surface area contributed by atoms with E-state index in [0.29, 0.717) is 5.92 Å². The minimum Gasteiger partial charge on any atom is -0.396 e. The van der Waals surface area contributed by atoms with Crippen LogP contribution in [0.4, 0.5) is 0 Å². The van der Waals surface area contributed by atoms with E-state index in [4.69, 9.17) is 10.8 Å². The van der Waals surface area contributed by atoms with Crippen LogP contribution in [0.5, 0.6) is 0 Å². The van der Waals surface area contributed by atoms with E-state index in [1.54, 1.807) is 0 Å². The maximum Gasteiger partial charge on any atom is 0.239 e. The molecular formula is C12H24N2O2. The first-order valence-electron chi connectivity index (χ1n) is 6.34. The number of hydrogen-bond donors (Lipinski definition) is 2. The molecule has 16 heavy (non-hydrogen) atoms. The molecule has 4 nitrogen and oxygen atoms in total. The number of aliphatic hydroxyl groups is 1. The maximum atomic E-state index is 11.9. The van der Waals surface area contributed by atoms with Gasteiger partial charge in [0.2, 0.25) is 5.91 Å². The molecule has 0 bridgehead atoms. The molecule has 1 amide bonds. The average Bonchev–Trinajstić information content (AvgIpc) is 2.74. The molecule has 1 aliphatic heterocycles. The summed E-state index contributed by atoms with van der Waals surface area (Å²) in [7, 11) is 0. The van der Waals surface area contributed by atoms with Crippen molar-refractivity contribution < 1.29 is 9.90 Å². The van der Waals surface area contributed by atoms with Crippen LogP contribution in [-0.4, -0.2) is 41.7 Å². The number of carbonyl (C=O) groups is 1. The largest absolute Gasteiger partial charge is 0.396 e. The Hall–Kier alpha value is -0.610. The minimum atomic E-state index is -0.326. The van der Waals surface area contributed by atoms with Crippen molar-refractivity contribution in [3.63, 3.8) is 0 Å². The lowest BCUT2D eigenvalue weighted by Crippen LogP contribution is -2.42. The molecule has 0 saturated carbocycles. The SMILES string of the molecule is CCCCC(N)C(=O)N1CCC(CCO)C1. The molecule has 2 atom stereocenters. The van der Waals surface area contributed by atoms with Gasteiger partial charge in [0.25, 0.3) is 0 Å². The summed E-state index contributed by atoms with van der Waals surface area (Å²) in [6.07, 6.45) is 4.69. The first-order chi connectivity index (χ1) is 7.69. The van der Waals surface area contributed by atoms with Crippen molar-refractivity contribution in [1.29, 1.82) is 0 Å². The molecule has 0 spiro atoms. The highest BCUT2D eigenvalue weighted by atomic mass is 16.3. The van der Waals surface area contributed by atoms with Gasteiger partial charge in [-0.25, -0.2) is 0 Å². The van der Waals surface area contributed by atoms with Gasteiger partial charge >= 0.3 is 0 Å². The van der Waals surface area contributed by atoms with Gasteiger partial charge in [0, 0.05) is 19.7 Å². The first kappa shape index (κ1) is 13.5. The highest BCUT2D eigenvalue weighted by Crippen LogP contribution is 2.20. The predicted octanol–water partition coefficient (Wildman–Crippen LogP) is 0.735. The molecule has 0 aromatic heterocycles.